The zero-order chi connectivity index (χ0) is 19.3. The first-order chi connectivity index (χ1) is 13.7. The summed E-state index contributed by atoms with van der Waals surface area (Å²) in [5.74, 6) is 0.873. The lowest BCUT2D eigenvalue weighted by atomic mass is 9.89. The minimum Gasteiger partial charge on any atom is -0.381 e. The molecular weight excluding hydrogens is 350 g/mol. The van der Waals surface area contributed by atoms with Crippen molar-refractivity contribution in [1.82, 2.24) is 15.2 Å². The summed E-state index contributed by atoms with van der Waals surface area (Å²) >= 11 is 0. The molecule has 1 saturated heterocycles. The van der Waals surface area contributed by atoms with Crippen molar-refractivity contribution in [2.24, 2.45) is 5.92 Å². The molecule has 1 unspecified atom stereocenters. The second kappa shape index (κ2) is 9.10. The number of H-pyrrole nitrogens is 1. The van der Waals surface area contributed by atoms with Gasteiger partial charge in [0.2, 0.25) is 0 Å². The molecule has 1 saturated carbocycles. The average Bonchev–Trinajstić information content (AvgIpc) is 3.18. The lowest BCUT2D eigenvalue weighted by Gasteiger charge is -2.38. The fourth-order valence-electron chi connectivity index (χ4n) is 4.83. The molecule has 152 valence electrons. The lowest BCUT2D eigenvalue weighted by molar-refractivity contribution is 0.0583. The molecule has 2 fully saturated rings. The van der Waals surface area contributed by atoms with Gasteiger partial charge in [0.1, 0.15) is 5.69 Å². The van der Waals surface area contributed by atoms with Gasteiger partial charge in [0.25, 0.3) is 5.91 Å². The first-order valence-electron chi connectivity index (χ1n) is 10.9. The summed E-state index contributed by atoms with van der Waals surface area (Å²) in [6.45, 7) is 5.75. The van der Waals surface area contributed by atoms with Crippen molar-refractivity contribution in [2.75, 3.05) is 26.3 Å². The van der Waals surface area contributed by atoms with Gasteiger partial charge in [-0.1, -0.05) is 18.2 Å². The maximum atomic E-state index is 13.2. The second-order valence-corrected chi connectivity index (χ2v) is 8.34. The van der Waals surface area contributed by atoms with Gasteiger partial charge in [-0.15, -0.1) is 0 Å². The summed E-state index contributed by atoms with van der Waals surface area (Å²) in [4.78, 5) is 18.6. The topological polar surface area (TPSA) is 57.4 Å². The second-order valence-electron chi connectivity index (χ2n) is 8.34. The first-order valence-corrected chi connectivity index (χ1v) is 10.9. The van der Waals surface area contributed by atoms with Crippen molar-refractivity contribution < 1.29 is 9.53 Å². The molecule has 2 heterocycles. The predicted molar refractivity (Wildman–Crippen MR) is 113 cm³/mol. The summed E-state index contributed by atoms with van der Waals surface area (Å²) in [6.07, 6.45) is 6.91. The Hall–Kier alpha value is -1.85. The molecule has 2 aromatic rings. The maximum absolute atomic E-state index is 13.2. The van der Waals surface area contributed by atoms with Crippen LogP contribution in [0.2, 0.25) is 0 Å². The van der Waals surface area contributed by atoms with Crippen LogP contribution in [0.25, 0.3) is 10.9 Å². The average molecular weight is 384 g/mol. The molecule has 1 aromatic heterocycles. The summed E-state index contributed by atoms with van der Waals surface area (Å²) < 4.78 is 5.47. The number of ether oxygens (including phenoxy) is 1. The molecule has 1 aromatic carbocycles. The summed E-state index contributed by atoms with van der Waals surface area (Å²) in [6, 6.07) is 10.9. The fraction of sp³-hybridized carbons (Fsp3) is 0.609. The number of fused-ring (bicyclic) bond motifs is 1. The molecule has 5 heteroatoms. The Morgan fingerprint density at radius 2 is 2.04 bits per heavy atom. The van der Waals surface area contributed by atoms with E-state index in [0.717, 1.165) is 56.0 Å². The van der Waals surface area contributed by atoms with E-state index >= 15 is 0 Å². The molecule has 4 rings (SSSR count). The standard InChI is InChI=1S/C23H33N3O2/c1-2-26(23(27)22-14-18-6-3-4-9-21(18)25-22)20-8-5-7-19(15-20)24-16-17-10-12-28-13-11-17/h3-4,6,9,14,17,19-20,24-25H,2,5,7-8,10-13,15-16H2,1H3/t19?,20-/m0/s1. The number of nitrogens with one attached hydrogen (secondary N) is 2. The van der Waals surface area contributed by atoms with Crippen LogP contribution in [0.5, 0.6) is 0 Å². The quantitative estimate of drug-likeness (QED) is 0.794. The number of carbonyl (C=O) groups is 1. The zero-order valence-corrected chi connectivity index (χ0v) is 17.0. The number of nitrogens with zero attached hydrogens (tertiary/aromatic N) is 1. The number of carbonyl (C=O) groups excluding carboxylic acids is 1. The van der Waals surface area contributed by atoms with Crippen LogP contribution in [-0.2, 0) is 4.74 Å². The molecule has 1 aliphatic carbocycles. The third-order valence-corrected chi connectivity index (χ3v) is 6.49. The van der Waals surface area contributed by atoms with Crippen LogP contribution in [-0.4, -0.2) is 54.2 Å². The molecule has 0 bridgehead atoms. The monoisotopic (exact) mass is 383 g/mol. The number of aromatic nitrogens is 1. The van der Waals surface area contributed by atoms with Crippen molar-refractivity contribution >= 4 is 16.8 Å². The summed E-state index contributed by atoms with van der Waals surface area (Å²) in [7, 11) is 0. The van der Waals surface area contributed by atoms with Gasteiger partial charge in [0.05, 0.1) is 0 Å². The molecule has 0 radical (unpaired) electrons. The number of hydrogen-bond acceptors (Lipinski definition) is 3. The number of rotatable bonds is 6. The molecule has 2 N–H and O–H groups in total. The van der Waals surface area contributed by atoms with E-state index in [0.29, 0.717) is 17.8 Å². The highest BCUT2D eigenvalue weighted by molar-refractivity contribution is 5.98. The minimum atomic E-state index is 0.133. The van der Waals surface area contributed by atoms with Crippen LogP contribution in [0, 0.1) is 5.92 Å². The van der Waals surface area contributed by atoms with Crippen LogP contribution in [0.15, 0.2) is 30.3 Å². The van der Waals surface area contributed by atoms with Crippen molar-refractivity contribution in [2.45, 2.75) is 57.5 Å². The van der Waals surface area contributed by atoms with Gasteiger partial charge < -0.3 is 19.9 Å². The van der Waals surface area contributed by atoms with Crippen LogP contribution in [0.1, 0.15) is 55.9 Å². The number of benzene rings is 1. The van der Waals surface area contributed by atoms with E-state index < -0.39 is 0 Å². The van der Waals surface area contributed by atoms with E-state index in [1.165, 1.54) is 25.7 Å². The van der Waals surface area contributed by atoms with Crippen molar-refractivity contribution in [3.8, 4) is 0 Å². The SMILES string of the molecule is CCN(C(=O)c1cc2ccccc2[nH]1)[C@H]1CCCC(NCC2CCOCC2)C1. The largest absolute Gasteiger partial charge is 0.381 e. The third kappa shape index (κ3) is 4.41. The van der Waals surface area contributed by atoms with Gasteiger partial charge in [0, 0.05) is 42.7 Å². The van der Waals surface area contributed by atoms with Gasteiger partial charge in [-0.05, 0) is 70.0 Å². The lowest BCUT2D eigenvalue weighted by Crippen LogP contribution is -2.47. The Morgan fingerprint density at radius 1 is 1.21 bits per heavy atom. The van der Waals surface area contributed by atoms with Crippen molar-refractivity contribution in [3.63, 3.8) is 0 Å². The van der Waals surface area contributed by atoms with Gasteiger partial charge >= 0.3 is 0 Å². The van der Waals surface area contributed by atoms with Gasteiger partial charge in [-0.25, -0.2) is 0 Å². The molecule has 5 nitrogen and oxygen atoms in total. The molecule has 1 aliphatic heterocycles. The Labute approximate surface area is 167 Å². The van der Waals surface area contributed by atoms with E-state index in [4.69, 9.17) is 4.74 Å². The molecular formula is C23H33N3O2. The summed E-state index contributed by atoms with van der Waals surface area (Å²) in [5.41, 5.74) is 1.74. The van der Waals surface area contributed by atoms with E-state index in [-0.39, 0.29) is 5.91 Å². The minimum absolute atomic E-state index is 0.133. The highest BCUT2D eigenvalue weighted by atomic mass is 16.5. The van der Waals surface area contributed by atoms with E-state index in [2.05, 4.69) is 28.2 Å². The Balaban J connectivity index is 1.38. The molecule has 1 amide bonds. The molecule has 2 atom stereocenters. The van der Waals surface area contributed by atoms with Gasteiger partial charge in [0.15, 0.2) is 0 Å². The Kier molecular flexibility index (Phi) is 6.33. The number of hydrogen-bond donors (Lipinski definition) is 2. The van der Waals surface area contributed by atoms with Gasteiger partial charge in [-0.3, -0.25) is 4.79 Å². The number of aromatic amines is 1. The van der Waals surface area contributed by atoms with Crippen molar-refractivity contribution in [3.05, 3.63) is 36.0 Å². The molecule has 0 spiro atoms. The van der Waals surface area contributed by atoms with Gasteiger partial charge in [-0.2, -0.15) is 0 Å². The summed E-state index contributed by atoms with van der Waals surface area (Å²) in [5, 5.41) is 4.90. The Morgan fingerprint density at radius 3 is 2.82 bits per heavy atom. The van der Waals surface area contributed by atoms with Crippen LogP contribution >= 0.6 is 0 Å². The van der Waals surface area contributed by atoms with Crippen molar-refractivity contribution in [1.29, 1.82) is 0 Å². The fourth-order valence-corrected chi connectivity index (χ4v) is 4.83. The normalized spacial score (nSPS) is 23.8. The Bertz CT molecular complexity index is 748. The van der Waals surface area contributed by atoms with E-state index in [1.54, 1.807) is 0 Å². The van der Waals surface area contributed by atoms with Crippen LogP contribution in [0.3, 0.4) is 0 Å². The highest BCUT2D eigenvalue weighted by Crippen LogP contribution is 2.26. The highest BCUT2D eigenvalue weighted by Gasteiger charge is 2.30. The van der Waals surface area contributed by atoms with E-state index in [9.17, 15) is 4.79 Å². The molecule has 2 aliphatic rings. The third-order valence-electron chi connectivity index (χ3n) is 6.49. The number of amides is 1. The number of para-hydroxylation sites is 1. The predicted octanol–water partition coefficient (Wildman–Crippen LogP) is 3.96. The van der Waals surface area contributed by atoms with Crippen LogP contribution in [0.4, 0.5) is 0 Å². The zero-order valence-electron chi connectivity index (χ0n) is 17.0. The smallest absolute Gasteiger partial charge is 0.270 e. The van der Waals surface area contributed by atoms with E-state index in [1.807, 2.05) is 24.3 Å². The van der Waals surface area contributed by atoms with Crippen LogP contribution < -0.4 is 5.32 Å². The maximum Gasteiger partial charge on any atom is 0.270 e. The first kappa shape index (κ1) is 19.5. The molecule has 28 heavy (non-hydrogen) atoms.